The van der Waals surface area contributed by atoms with Crippen LogP contribution in [0, 0.1) is 6.92 Å². The van der Waals surface area contributed by atoms with Gasteiger partial charge in [0, 0.05) is 0 Å². The molecule has 1 unspecified atom stereocenters. The van der Waals surface area contributed by atoms with Gasteiger partial charge in [0.05, 0.1) is 7.11 Å². The summed E-state index contributed by atoms with van der Waals surface area (Å²) >= 11 is 0. The zero-order valence-electron chi connectivity index (χ0n) is 12.7. The number of hydrogen-bond donors (Lipinski definition) is 1. The molecule has 0 bridgehead atoms. The lowest BCUT2D eigenvalue weighted by Gasteiger charge is -2.26. The summed E-state index contributed by atoms with van der Waals surface area (Å²) in [5, 5.41) is 10.6. The first-order valence-electron chi connectivity index (χ1n) is 7.61. The van der Waals surface area contributed by atoms with Gasteiger partial charge in [-0.1, -0.05) is 42.8 Å². The van der Waals surface area contributed by atoms with Gasteiger partial charge in [-0.2, -0.15) is 0 Å². The van der Waals surface area contributed by atoms with Gasteiger partial charge in [0.15, 0.2) is 0 Å². The van der Waals surface area contributed by atoms with E-state index in [1.807, 2.05) is 31.2 Å². The number of aliphatic hydroxyl groups excluding tert-OH is 1. The summed E-state index contributed by atoms with van der Waals surface area (Å²) in [5.74, 6) is 1.51. The van der Waals surface area contributed by atoms with E-state index in [2.05, 4.69) is 18.2 Å². The van der Waals surface area contributed by atoms with Crippen LogP contribution in [0.15, 0.2) is 42.5 Å². The molecule has 110 valence electrons. The Kier molecular flexibility index (Phi) is 3.98. The zero-order valence-corrected chi connectivity index (χ0v) is 12.7. The molecular weight excluding hydrogens is 260 g/mol. The predicted molar refractivity (Wildman–Crippen MR) is 84.8 cm³/mol. The number of ether oxygens (including phenoxy) is 1. The third-order valence-corrected chi connectivity index (χ3v) is 4.55. The Morgan fingerprint density at radius 2 is 1.86 bits per heavy atom. The Morgan fingerprint density at radius 3 is 2.52 bits per heavy atom. The average molecular weight is 282 g/mol. The molecule has 1 saturated carbocycles. The van der Waals surface area contributed by atoms with Gasteiger partial charge in [0.1, 0.15) is 11.9 Å². The van der Waals surface area contributed by atoms with Gasteiger partial charge in [0.2, 0.25) is 0 Å². The molecule has 0 aromatic heterocycles. The van der Waals surface area contributed by atoms with Gasteiger partial charge in [-0.15, -0.1) is 0 Å². The molecule has 1 atom stereocenters. The van der Waals surface area contributed by atoms with Gasteiger partial charge in [0.25, 0.3) is 0 Å². The van der Waals surface area contributed by atoms with Crippen molar-refractivity contribution in [2.45, 2.75) is 38.2 Å². The van der Waals surface area contributed by atoms with Crippen molar-refractivity contribution in [2.75, 3.05) is 7.11 Å². The monoisotopic (exact) mass is 282 g/mol. The molecule has 1 fully saturated rings. The highest BCUT2D eigenvalue weighted by molar-refractivity contribution is 5.41. The van der Waals surface area contributed by atoms with Crippen LogP contribution in [0.25, 0.3) is 0 Å². The van der Waals surface area contributed by atoms with Crippen molar-refractivity contribution < 1.29 is 9.84 Å². The first-order chi connectivity index (χ1) is 10.2. The van der Waals surface area contributed by atoms with E-state index in [1.54, 1.807) is 7.11 Å². The van der Waals surface area contributed by atoms with E-state index in [0.717, 1.165) is 22.4 Å². The second kappa shape index (κ2) is 5.90. The van der Waals surface area contributed by atoms with Crippen LogP contribution in [0.3, 0.4) is 0 Å². The Hall–Kier alpha value is -1.80. The van der Waals surface area contributed by atoms with E-state index in [0.29, 0.717) is 5.92 Å². The number of rotatable bonds is 4. The van der Waals surface area contributed by atoms with Crippen molar-refractivity contribution in [3.05, 3.63) is 64.7 Å². The minimum Gasteiger partial charge on any atom is -0.496 e. The molecule has 3 rings (SSSR count). The van der Waals surface area contributed by atoms with Crippen LogP contribution in [0.2, 0.25) is 0 Å². The normalized spacial score (nSPS) is 16.3. The lowest BCUT2D eigenvalue weighted by Crippen LogP contribution is -2.09. The van der Waals surface area contributed by atoms with Gasteiger partial charge in [-0.3, -0.25) is 0 Å². The average Bonchev–Trinajstić information content (AvgIpc) is 2.45. The highest BCUT2D eigenvalue weighted by Gasteiger charge is 2.20. The molecule has 2 aromatic rings. The fourth-order valence-corrected chi connectivity index (χ4v) is 2.92. The number of aryl methyl sites for hydroxylation is 1. The molecule has 2 aromatic carbocycles. The molecular formula is C19H22O2. The van der Waals surface area contributed by atoms with Crippen molar-refractivity contribution in [3.8, 4) is 5.75 Å². The largest absolute Gasteiger partial charge is 0.496 e. The second-order valence-electron chi connectivity index (χ2n) is 5.93. The van der Waals surface area contributed by atoms with Crippen molar-refractivity contribution in [1.82, 2.24) is 0 Å². The second-order valence-corrected chi connectivity index (χ2v) is 5.93. The summed E-state index contributed by atoms with van der Waals surface area (Å²) in [6.07, 6.45) is 3.28. The molecule has 1 N–H and O–H groups in total. The van der Waals surface area contributed by atoms with E-state index in [1.165, 1.54) is 24.8 Å². The van der Waals surface area contributed by atoms with Crippen molar-refractivity contribution in [1.29, 1.82) is 0 Å². The lowest BCUT2D eigenvalue weighted by atomic mass is 9.79. The summed E-state index contributed by atoms with van der Waals surface area (Å²) in [5.41, 5.74) is 4.28. The van der Waals surface area contributed by atoms with Gasteiger partial charge >= 0.3 is 0 Å². The highest BCUT2D eigenvalue weighted by atomic mass is 16.5. The Labute approximate surface area is 126 Å². The molecule has 0 spiro atoms. The molecule has 1 aliphatic carbocycles. The van der Waals surface area contributed by atoms with Crippen LogP contribution < -0.4 is 4.74 Å². The summed E-state index contributed by atoms with van der Waals surface area (Å²) in [7, 11) is 1.66. The fourth-order valence-electron chi connectivity index (χ4n) is 2.92. The molecule has 1 aliphatic rings. The van der Waals surface area contributed by atoms with Crippen LogP contribution >= 0.6 is 0 Å². The Morgan fingerprint density at radius 1 is 1.10 bits per heavy atom. The summed E-state index contributed by atoms with van der Waals surface area (Å²) < 4.78 is 5.35. The zero-order chi connectivity index (χ0) is 14.8. The third kappa shape index (κ3) is 2.81. The van der Waals surface area contributed by atoms with Crippen LogP contribution in [0.4, 0.5) is 0 Å². The van der Waals surface area contributed by atoms with Crippen molar-refractivity contribution in [3.63, 3.8) is 0 Å². The van der Waals surface area contributed by atoms with E-state index >= 15 is 0 Å². The molecule has 0 heterocycles. The third-order valence-electron chi connectivity index (χ3n) is 4.55. The van der Waals surface area contributed by atoms with E-state index < -0.39 is 6.10 Å². The first kappa shape index (κ1) is 14.2. The summed E-state index contributed by atoms with van der Waals surface area (Å²) in [6.45, 7) is 2.01. The van der Waals surface area contributed by atoms with E-state index in [4.69, 9.17) is 4.74 Å². The van der Waals surface area contributed by atoms with Crippen molar-refractivity contribution in [2.24, 2.45) is 0 Å². The molecule has 2 nitrogen and oxygen atoms in total. The number of aliphatic hydroxyl groups is 1. The summed E-state index contributed by atoms with van der Waals surface area (Å²) in [6, 6.07) is 14.3. The van der Waals surface area contributed by atoms with E-state index in [9.17, 15) is 5.11 Å². The lowest BCUT2D eigenvalue weighted by molar-refractivity contribution is 0.219. The fraction of sp³-hybridized carbons (Fsp3) is 0.368. The maximum absolute atomic E-state index is 10.6. The predicted octanol–water partition coefficient (Wildman–Crippen LogP) is 4.35. The number of hydrogen-bond acceptors (Lipinski definition) is 2. The van der Waals surface area contributed by atoms with Crippen LogP contribution in [0.5, 0.6) is 5.75 Å². The smallest absolute Gasteiger partial charge is 0.122 e. The molecule has 0 radical (unpaired) electrons. The molecule has 0 saturated heterocycles. The molecule has 2 heteroatoms. The first-order valence-corrected chi connectivity index (χ1v) is 7.61. The highest BCUT2D eigenvalue weighted by Crippen LogP contribution is 2.37. The maximum Gasteiger partial charge on any atom is 0.122 e. The topological polar surface area (TPSA) is 29.5 Å². The van der Waals surface area contributed by atoms with Crippen LogP contribution in [-0.4, -0.2) is 12.2 Å². The standard InChI is InChI=1S/C19H22O2/c1-13-9-10-17(12-18(13)21-2)19(20)16-8-4-7-15(11-16)14-5-3-6-14/h4,7-12,14,19-20H,3,5-6H2,1-2H3. The van der Waals surface area contributed by atoms with Gasteiger partial charge in [-0.25, -0.2) is 0 Å². The number of methoxy groups -OCH3 is 1. The van der Waals surface area contributed by atoms with Crippen molar-refractivity contribution >= 4 is 0 Å². The maximum atomic E-state index is 10.6. The van der Waals surface area contributed by atoms with Gasteiger partial charge < -0.3 is 9.84 Å². The quantitative estimate of drug-likeness (QED) is 0.903. The van der Waals surface area contributed by atoms with E-state index in [-0.39, 0.29) is 0 Å². The van der Waals surface area contributed by atoms with Crippen LogP contribution in [-0.2, 0) is 0 Å². The number of benzene rings is 2. The van der Waals surface area contributed by atoms with Crippen LogP contribution in [0.1, 0.15) is 53.5 Å². The SMILES string of the molecule is COc1cc(C(O)c2cccc(C3CCC3)c2)ccc1C. The summed E-state index contributed by atoms with van der Waals surface area (Å²) in [4.78, 5) is 0. The Balaban J connectivity index is 1.89. The minimum atomic E-state index is -0.598. The molecule has 21 heavy (non-hydrogen) atoms. The molecule has 0 amide bonds. The minimum absolute atomic E-state index is 0.598. The Bertz CT molecular complexity index is 629. The molecule has 0 aliphatic heterocycles. The van der Waals surface area contributed by atoms with Gasteiger partial charge in [-0.05, 0) is 54.0 Å².